The summed E-state index contributed by atoms with van der Waals surface area (Å²) in [6.45, 7) is 1.71. The van der Waals surface area contributed by atoms with Crippen LogP contribution in [0.15, 0.2) is 59.8 Å². The Morgan fingerprint density at radius 2 is 1.76 bits per heavy atom. The molecule has 1 unspecified atom stereocenters. The number of nitrogens with one attached hydrogen (secondary N) is 3. The van der Waals surface area contributed by atoms with Crippen LogP contribution in [0.2, 0.25) is 5.02 Å². The van der Waals surface area contributed by atoms with Crippen LogP contribution in [0.1, 0.15) is 18.5 Å². The summed E-state index contributed by atoms with van der Waals surface area (Å²) in [6, 6.07) is 11.3. The molecule has 0 spiro atoms. The molecule has 0 bridgehead atoms. The van der Waals surface area contributed by atoms with Crippen LogP contribution < -0.4 is 20.7 Å². The van der Waals surface area contributed by atoms with Crippen LogP contribution in [-0.4, -0.2) is 17.4 Å². The molecule has 0 fully saturated rings. The Balaban J connectivity index is 1.82. The van der Waals surface area contributed by atoms with E-state index in [0.717, 1.165) is 17.7 Å². The minimum absolute atomic E-state index is 0.313. The summed E-state index contributed by atoms with van der Waals surface area (Å²) in [7, 11) is 0. The largest absolute Gasteiger partial charge is 0.573 e. The van der Waals surface area contributed by atoms with E-state index in [1.165, 1.54) is 12.1 Å². The quantitative estimate of drug-likeness (QED) is 0.602. The zero-order valence-corrected chi connectivity index (χ0v) is 16.5. The average molecular weight is 442 g/mol. The van der Waals surface area contributed by atoms with Crippen molar-refractivity contribution in [3.05, 3.63) is 70.4 Å². The van der Waals surface area contributed by atoms with Crippen molar-refractivity contribution in [2.24, 2.45) is 0 Å². The molecule has 0 radical (unpaired) electrons. The van der Waals surface area contributed by atoms with E-state index in [9.17, 15) is 18.0 Å². The van der Waals surface area contributed by atoms with Crippen molar-refractivity contribution < 1.29 is 22.7 Å². The lowest BCUT2D eigenvalue weighted by atomic mass is 9.95. The van der Waals surface area contributed by atoms with E-state index in [2.05, 4.69) is 20.7 Å². The van der Waals surface area contributed by atoms with Gasteiger partial charge in [0.05, 0.1) is 11.6 Å². The number of ether oxygens (including phenoxy) is 1. The molecule has 0 saturated heterocycles. The number of alkyl halides is 3. The Morgan fingerprint density at radius 1 is 1.14 bits per heavy atom. The molecule has 3 rings (SSSR count). The minimum Gasteiger partial charge on any atom is -0.406 e. The summed E-state index contributed by atoms with van der Waals surface area (Å²) in [5.41, 5.74) is 2.03. The van der Waals surface area contributed by atoms with Crippen molar-refractivity contribution in [2.75, 3.05) is 5.32 Å². The molecule has 1 amide bonds. The molecule has 0 saturated carbocycles. The maximum Gasteiger partial charge on any atom is 0.573 e. The van der Waals surface area contributed by atoms with E-state index in [-0.39, 0.29) is 5.75 Å². The van der Waals surface area contributed by atoms with Crippen molar-refractivity contribution in [1.82, 2.24) is 10.6 Å². The summed E-state index contributed by atoms with van der Waals surface area (Å²) in [6.07, 6.45) is -4.78. The van der Waals surface area contributed by atoms with E-state index in [1.54, 1.807) is 31.2 Å². The highest BCUT2D eigenvalue weighted by atomic mass is 35.5. The Kier molecular flexibility index (Phi) is 5.99. The second-order valence-electron chi connectivity index (χ2n) is 6.15. The first-order valence-corrected chi connectivity index (χ1v) is 9.12. The van der Waals surface area contributed by atoms with Gasteiger partial charge < -0.3 is 20.7 Å². The number of amides is 1. The fourth-order valence-electron chi connectivity index (χ4n) is 2.84. The Labute approximate surface area is 174 Å². The predicted molar refractivity (Wildman–Crippen MR) is 108 cm³/mol. The molecule has 1 aliphatic heterocycles. The Hall–Kier alpha value is -2.78. The zero-order valence-electron chi connectivity index (χ0n) is 14.9. The van der Waals surface area contributed by atoms with Crippen molar-refractivity contribution in [1.29, 1.82) is 0 Å². The number of allylic oxidation sites excluding steroid dienone is 1. The number of thiocarbonyl (C=S) groups is 1. The third-order valence-corrected chi connectivity index (χ3v) is 4.53. The number of hydrogen-bond acceptors (Lipinski definition) is 3. The number of anilines is 1. The number of carbonyl (C=O) groups is 1. The lowest BCUT2D eigenvalue weighted by molar-refractivity contribution is -0.274. The van der Waals surface area contributed by atoms with Gasteiger partial charge in [-0.3, -0.25) is 4.79 Å². The first kappa shape index (κ1) is 20.9. The third kappa shape index (κ3) is 5.39. The van der Waals surface area contributed by atoms with Gasteiger partial charge in [0, 0.05) is 16.4 Å². The molecule has 1 aliphatic rings. The molecule has 5 nitrogen and oxygen atoms in total. The summed E-state index contributed by atoms with van der Waals surface area (Å²) in [4.78, 5) is 12.9. The molecule has 29 heavy (non-hydrogen) atoms. The summed E-state index contributed by atoms with van der Waals surface area (Å²) >= 11 is 11.1. The van der Waals surface area contributed by atoms with Gasteiger partial charge in [-0.25, -0.2) is 0 Å². The lowest BCUT2D eigenvalue weighted by Crippen LogP contribution is -2.45. The number of hydrogen-bond donors (Lipinski definition) is 3. The van der Waals surface area contributed by atoms with E-state index in [1.807, 2.05) is 0 Å². The highest BCUT2D eigenvalue weighted by molar-refractivity contribution is 7.80. The SMILES string of the molecule is CC1=C(C(=O)Nc2ccc(OC(F)(F)F)cc2)C(c2ccc(Cl)cc2)NC(=S)N1. The van der Waals surface area contributed by atoms with Gasteiger partial charge in [0.25, 0.3) is 5.91 Å². The van der Waals surface area contributed by atoms with Crippen LogP contribution in [0.5, 0.6) is 5.75 Å². The van der Waals surface area contributed by atoms with Crippen LogP contribution in [0.4, 0.5) is 18.9 Å². The van der Waals surface area contributed by atoms with Crippen LogP contribution in [0.3, 0.4) is 0 Å². The van der Waals surface area contributed by atoms with Gasteiger partial charge in [0.1, 0.15) is 5.75 Å². The van der Waals surface area contributed by atoms with Crippen molar-refractivity contribution in [2.45, 2.75) is 19.3 Å². The smallest absolute Gasteiger partial charge is 0.406 e. The third-order valence-electron chi connectivity index (χ3n) is 4.06. The number of halogens is 4. The molecule has 10 heteroatoms. The van der Waals surface area contributed by atoms with E-state index < -0.39 is 18.3 Å². The van der Waals surface area contributed by atoms with Gasteiger partial charge >= 0.3 is 6.36 Å². The Morgan fingerprint density at radius 3 is 2.34 bits per heavy atom. The summed E-state index contributed by atoms with van der Waals surface area (Å²) < 4.78 is 40.6. The normalized spacial score (nSPS) is 16.7. The highest BCUT2D eigenvalue weighted by Crippen LogP contribution is 2.29. The highest BCUT2D eigenvalue weighted by Gasteiger charge is 2.31. The monoisotopic (exact) mass is 441 g/mol. The average Bonchev–Trinajstić information content (AvgIpc) is 2.62. The van der Waals surface area contributed by atoms with Crippen molar-refractivity contribution >= 4 is 40.5 Å². The number of carbonyl (C=O) groups excluding carboxylic acids is 1. The molecule has 1 atom stereocenters. The zero-order chi connectivity index (χ0) is 21.2. The molecule has 3 N–H and O–H groups in total. The van der Waals surface area contributed by atoms with Crippen LogP contribution in [0.25, 0.3) is 0 Å². The summed E-state index contributed by atoms with van der Waals surface area (Å²) in [5.74, 6) is -0.814. The molecule has 0 aliphatic carbocycles. The summed E-state index contributed by atoms with van der Waals surface area (Å²) in [5, 5.41) is 9.55. The maximum absolute atomic E-state index is 12.9. The van der Waals surface area contributed by atoms with Gasteiger partial charge in [-0.05, 0) is 61.1 Å². The fraction of sp³-hybridized carbons (Fsp3) is 0.158. The predicted octanol–water partition coefficient (Wildman–Crippen LogP) is 4.67. The first-order valence-electron chi connectivity index (χ1n) is 8.33. The van der Waals surface area contributed by atoms with Crippen LogP contribution in [0, 0.1) is 0 Å². The lowest BCUT2D eigenvalue weighted by Gasteiger charge is -2.30. The van der Waals surface area contributed by atoms with Gasteiger partial charge in [-0.1, -0.05) is 23.7 Å². The molecule has 152 valence electrons. The van der Waals surface area contributed by atoms with Gasteiger partial charge in [-0.2, -0.15) is 0 Å². The molecular weight excluding hydrogens is 427 g/mol. The van der Waals surface area contributed by atoms with Gasteiger partial charge in [0.2, 0.25) is 0 Å². The molecule has 1 heterocycles. The molecule has 0 aromatic heterocycles. The molecule has 2 aromatic rings. The van der Waals surface area contributed by atoms with E-state index in [0.29, 0.717) is 27.1 Å². The topological polar surface area (TPSA) is 62.4 Å². The van der Waals surface area contributed by atoms with Crippen LogP contribution >= 0.6 is 23.8 Å². The number of rotatable bonds is 4. The van der Waals surface area contributed by atoms with Crippen molar-refractivity contribution in [3.8, 4) is 5.75 Å². The van der Waals surface area contributed by atoms with Gasteiger partial charge in [-0.15, -0.1) is 13.2 Å². The Bertz CT molecular complexity index is 960. The molecule has 2 aromatic carbocycles. The van der Waals surface area contributed by atoms with Crippen LogP contribution in [-0.2, 0) is 4.79 Å². The first-order chi connectivity index (χ1) is 13.6. The fourth-order valence-corrected chi connectivity index (χ4v) is 3.24. The second-order valence-corrected chi connectivity index (χ2v) is 6.99. The van der Waals surface area contributed by atoms with E-state index >= 15 is 0 Å². The van der Waals surface area contributed by atoms with Gasteiger partial charge in [0.15, 0.2) is 5.11 Å². The molecular formula is C19H15ClF3N3O2S. The standard InChI is InChI=1S/C19H15ClF3N3O2S/c1-10-15(16(26-18(29)24-10)11-2-4-12(20)5-3-11)17(27)25-13-6-8-14(9-7-13)28-19(21,22)23/h2-9,16H,1H3,(H,25,27)(H2,24,26,29). The maximum atomic E-state index is 12.9. The minimum atomic E-state index is -4.78. The number of benzene rings is 2. The van der Waals surface area contributed by atoms with E-state index in [4.69, 9.17) is 23.8 Å². The van der Waals surface area contributed by atoms with Crippen molar-refractivity contribution in [3.63, 3.8) is 0 Å². The second kappa shape index (κ2) is 8.30.